The number of tetrazole rings is 1. The topological polar surface area (TPSA) is 106 Å². The van der Waals surface area contributed by atoms with Gasteiger partial charge >= 0.3 is 0 Å². The van der Waals surface area contributed by atoms with Gasteiger partial charge in [-0.25, -0.2) is 0 Å². The summed E-state index contributed by atoms with van der Waals surface area (Å²) in [6, 6.07) is 16.0. The van der Waals surface area contributed by atoms with E-state index >= 15 is 0 Å². The number of furan rings is 1. The number of amides is 2. The van der Waals surface area contributed by atoms with E-state index in [1.807, 2.05) is 20.8 Å². The van der Waals surface area contributed by atoms with Gasteiger partial charge < -0.3 is 9.73 Å². The van der Waals surface area contributed by atoms with E-state index in [-0.39, 0.29) is 18.3 Å². The van der Waals surface area contributed by atoms with Gasteiger partial charge in [-0.15, -0.1) is 10.2 Å². The number of carbonyl (C=O) groups is 2. The van der Waals surface area contributed by atoms with Crippen molar-refractivity contribution in [3.8, 4) is 11.6 Å². The van der Waals surface area contributed by atoms with Crippen LogP contribution < -0.4 is 10.2 Å². The third-order valence-electron chi connectivity index (χ3n) is 5.25. The Bertz CT molecular complexity index is 1390. The molecule has 2 aromatic carbocycles. The van der Waals surface area contributed by atoms with Crippen LogP contribution in [0.5, 0.6) is 0 Å². The van der Waals surface area contributed by atoms with Gasteiger partial charge in [0.05, 0.1) is 0 Å². The predicted molar refractivity (Wildman–Crippen MR) is 141 cm³/mol. The number of rotatable bonds is 7. The van der Waals surface area contributed by atoms with Gasteiger partial charge in [0.25, 0.3) is 5.91 Å². The molecule has 1 atom stereocenters. The third kappa shape index (κ3) is 6.55. The maximum Gasteiger partial charge on any atom is 0.251 e. The molecule has 4 rings (SSSR count). The van der Waals surface area contributed by atoms with Crippen LogP contribution in [-0.4, -0.2) is 37.6 Å². The quantitative estimate of drug-likeness (QED) is 0.343. The molecule has 0 radical (unpaired) electrons. The second-order valence-electron chi connectivity index (χ2n) is 9.49. The number of aryl methyl sites for hydroxylation is 1. The number of nitrogens with one attached hydrogen (secondary N) is 1. The van der Waals surface area contributed by atoms with E-state index in [0.29, 0.717) is 32.8 Å². The predicted octanol–water partition coefficient (Wildman–Crippen LogP) is 5.24. The first-order valence-electron chi connectivity index (χ1n) is 11.5. The molecule has 0 saturated heterocycles. The molecule has 1 N–H and O–H groups in total. The number of halogens is 2. The Morgan fingerprint density at radius 2 is 1.62 bits per heavy atom. The standard InChI is InChI=1S/C26H26Cl2N6O3/c1-16-5-14-21(37-16)24-30-32-33(31-24)15-22(35)34(20-12-10-19(28)11-13-20)23(25(36)29-26(2,3)4)17-6-8-18(27)9-7-17/h5-14,23H,15H2,1-4H3,(H,29,36). The van der Waals surface area contributed by atoms with Crippen LogP contribution in [0.25, 0.3) is 11.6 Å². The molecule has 11 heteroatoms. The van der Waals surface area contributed by atoms with Crippen LogP contribution in [0.1, 0.15) is 38.1 Å². The highest BCUT2D eigenvalue weighted by Gasteiger charge is 2.35. The molecule has 4 aromatic rings. The second kappa shape index (κ2) is 10.7. The van der Waals surface area contributed by atoms with Crippen molar-refractivity contribution in [1.29, 1.82) is 0 Å². The summed E-state index contributed by atoms with van der Waals surface area (Å²) in [7, 11) is 0. The van der Waals surface area contributed by atoms with Crippen molar-refractivity contribution < 1.29 is 14.0 Å². The molecule has 2 aromatic heterocycles. The average molecular weight is 541 g/mol. The van der Waals surface area contributed by atoms with Crippen molar-refractivity contribution in [2.75, 3.05) is 4.90 Å². The summed E-state index contributed by atoms with van der Waals surface area (Å²) >= 11 is 12.2. The summed E-state index contributed by atoms with van der Waals surface area (Å²) in [5.41, 5.74) is 0.508. The van der Waals surface area contributed by atoms with E-state index in [0.717, 1.165) is 0 Å². The molecule has 2 heterocycles. The summed E-state index contributed by atoms with van der Waals surface area (Å²) in [6.07, 6.45) is 0. The molecule has 192 valence electrons. The summed E-state index contributed by atoms with van der Waals surface area (Å²) in [6.45, 7) is 7.14. The van der Waals surface area contributed by atoms with Crippen molar-refractivity contribution in [3.05, 3.63) is 82.0 Å². The minimum atomic E-state index is -1.01. The molecule has 0 aliphatic heterocycles. The Morgan fingerprint density at radius 3 is 2.19 bits per heavy atom. The Hall–Kier alpha value is -3.69. The van der Waals surface area contributed by atoms with Gasteiger partial charge in [0.2, 0.25) is 11.7 Å². The van der Waals surface area contributed by atoms with Crippen LogP contribution in [0.2, 0.25) is 10.0 Å². The summed E-state index contributed by atoms with van der Waals surface area (Å²) in [5, 5.41) is 16.3. The van der Waals surface area contributed by atoms with Gasteiger partial charge in [-0.1, -0.05) is 35.3 Å². The fraction of sp³-hybridized carbons (Fsp3) is 0.269. The van der Waals surface area contributed by atoms with E-state index in [4.69, 9.17) is 27.6 Å². The van der Waals surface area contributed by atoms with Crippen molar-refractivity contribution >= 4 is 40.7 Å². The minimum Gasteiger partial charge on any atom is -0.458 e. The molecule has 2 amide bonds. The molecule has 0 fully saturated rings. The van der Waals surface area contributed by atoms with Crippen LogP contribution in [-0.2, 0) is 16.1 Å². The zero-order chi connectivity index (χ0) is 26.7. The number of aromatic nitrogens is 4. The van der Waals surface area contributed by atoms with Gasteiger partial charge in [-0.05, 0) is 87.0 Å². The summed E-state index contributed by atoms with van der Waals surface area (Å²) in [4.78, 5) is 30.1. The van der Waals surface area contributed by atoms with E-state index in [1.165, 1.54) is 9.70 Å². The minimum absolute atomic E-state index is 0.249. The van der Waals surface area contributed by atoms with Crippen LogP contribution in [0, 0.1) is 6.92 Å². The molecule has 1 unspecified atom stereocenters. The van der Waals surface area contributed by atoms with Crippen LogP contribution in [0.3, 0.4) is 0 Å². The van der Waals surface area contributed by atoms with Gasteiger partial charge in [0, 0.05) is 21.3 Å². The van der Waals surface area contributed by atoms with E-state index < -0.39 is 17.5 Å². The van der Waals surface area contributed by atoms with Gasteiger partial charge in [-0.2, -0.15) is 4.80 Å². The molecule has 0 aliphatic carbocycles. The fourth-order valence-corrected chi connectivity index (χ4v) is 3.95. The lowest BCUT2D eigenvalue weighted by molar-refractivity contribution is -0.128. The highest BCUT2D eigenvalue weighted by atomic mass is 35.5. The van der Waals surface area contributed by atoms with Crippen molar-refractivity contribution in [3.63, 3.8) is 0 Å². The monoisotopic (exact) mass is 540 g/mol. The molecular formula is C26H26Cl2N6O3. The highest BCUT2D eigenvalue weighted by molar-refractivity contribution is 6.31. The number of hydrogen-bond acceptors (Lipinski definition) is 6. The Morgan fingerprint density at radius 1 is 1.00 bits per heavy atom. The van der Waals surface area contributed by atoms with Gasteiger partial charge in [0.1, 0.15) is 18.3 Å². The lowest BCUT2D eigenvalue weighted by Crippen LogP contribution is -2.50. The molecule has 9 nitrogen and oxygen atoms in total. The Kier molecular flexibility index (Phi) is 7.65. The molecular weight excluding hydrogens is 515 g/mol. The molecule has 37 heavy (non-hydrogen) atoms. The summed E-state index contributed by atoms with van der Waals surface area (Å²) < 4.78 is 5.55. The second-order valence-corrected chi connectivity index (χ2v) is 10.4. The Balaban J connectivity index is 1.74. The SMILES string of the molecule is Cc1ccc(-c2nnn(CC(=O)N(c3ccc(Cl)cc3)C(C(=O)NC(C)(C)C)c3ccc(Cl)cc3)n2)o1. The smallest absolute Gasteiger partial charge is 0.251 e. The zero-order valence-electron chi connectivity index (χ0n) is 20.8. The maximum atomic E-state index is 13.8. The largest absolute Gasteiger partial charge is 0.458 e. The zero-order valence-corrected chi connectivity index (χ0v) is 22.3. The fourth-order valence-electron chi connectivity index (χ4n) is 3.70. The van der Waals surface area contributed by atoms with Crippen molar-refractivity contribution in [1.82, 2.24) is 25.5 Å². The number of anilines is 1. The first kappa shape index (κ1) is 26.4. The molecule has 0 saturated carbocycles. The molecule has 0 bridgehead atoms. The maximum absolute atomic E-state index is 13.8. The Labute approximate surface area is 224 Å². The average Bonchev–Trinajstić information content (AvgIpc) is 3.46. The van der Waals surface area contributed by atoms with Gasteiger partial charge in [-0.3, -0.25) is 14.5 Å². The number of carbonyl (C=O) groups excluding carboxylic acids is 2. The highest BCUT2D eigenvalue weighted by Crippen LogP contribution is 2.31. The molecule has 0 spiro atoms. The summed E-state index contributed by atoms with van der Waals surface area (Å²) in [5.74, 6) is 0.586. The van der Waals surface area contributed by atoms with E-state index in [1.54, 1.807) is 67.6 Å². The normalized spacial score (nSPS) is 12.3. The third-order valence-corrected chi connectivity index (χ3v) is 5.76. The van der Waals surface area contributed by atoms with Crippen molar-refractivity contribution in [2.45, 2.75) is 45.8 Å². The first-order valence-corrected chi connectivity index (χ1v) is 12.3. The van der Waals surface area contributed by atoms with Crippen LogP contribution >= 0.6 is 23.2 Å². The van der Waals surface area contributed by atoms with Gasteiger partial charge in [0.15, 0.2) is 5.76 Å². The lowest BCUT2D eigenvalue weighted by atomic mass is 10.0. The number of nitrogens with zero attached hydrogens (tertiary/aromatic N) is 5. The van der Waals surface area contributed by atoms with Crippen LogP contribution in [0.15, 0.2) is 65.1 Å². The first-order chi connectivity index (χ1) is 17.5. The number of benzene rings is 2. The van der Waals surface area contributed by atoms with Crippen molar-refractivity contribution in [2.24, 2.45) is 0 Å². The lowest BCUT2D eigenvalue weighted by Gasteiger charge is -2.33. The van der Waals surface area contributed by atoms with E-state index in [9.17, 15) is 9.59 Å². The molecule has 0 aliphatic rings. The van der Waals surface area contributed by atoms with Crippen LogP contribution in [0.4, 0.5) is 5.69 Å². The van der Waals surface area contributed by atoms with E-state index in [2.05, 4.69) is 20.7 Å². The number of hydrogen-bond donors (Lipinski definition) is 1.